The number of carboxylic acids is 1. The van der Waals surface area contributed by atoms with Crippen LogP contribution in [0.1, 0.15) is 15.9 Å². The van der Waals surface area contributed by atoms with Gasteiger partial charge in [0.25, 0.3) is 0 Å². The van der Waals surface area contributed by atoms with Crippen molar-refractivity contribution in [3.63, 3.8) is 0 Å². The highest BCUT2D eigenvalue weighted by Crippen LogP contribution is 2.24. The fraction of sp³-hybridized carbons (Fsp3) is 0.222. The Balaban J connectivity index is 3.18. The smallest absolute Gasteiger partial charge is 0.335 e. The summed E-state index contributed by atoms with van der Waals surface area (Å²) in [6, 6.07) is 3.01. The van der Waals surface area contributed by atoms with Gasteiger partial charge in [0.05, 0.1) is 5.56 Å². The molecule has 0 aliphatic carbocycles. The number of carbonyl (C=O) groups is 1. The maximum atomic E-state index is 10.7. The number of halogens is 1. The second kappa shape index (κ2) is 4.43. The minimum absolute atomic E-state index is 0.189. The van der Waals surface area contributed by atoms with E-state index in [-0.39, 0.29) is 5.56 Å². The average Bonchev–Trinajstić information content (AvgIpc) is 2.10. The molecule has 4 nitrogen and oxygen atoms in total. The highest BCUT2D eigenvalue weighted by molar-refractivity contribution is 9.10. The molecule has 0 fully saturated rings. The molecule has 4 N–H and O–H groups in total. The first kappa shape index (κ1) is 11.0. The lowest BCUT2D eigenvalue weighted by molar-refractivity contribution is 0.0697. The third kappa shape index (κ3) is 2.24. The molecule has 76 valence electrons. The number of benzene rings is 1. The summed E-state index contributed by atoms with van der Waals surface area (Å²) in [6.45, 7) is 0.603. The third-order valence-electron chi connectivity index (χ3n) is 1.83. The molecule has 1 aromatic carbocycles. The summed E-state index contributed by atoms with van der Waals surface area (Å²) in [6.07, 6.45) is 0. The fourth-order valence-electron chi connectivity index (χ4n) is 1.14. The van der Waals surface area contributed by atoms with Crippen molar-refractivity contribution in [2.24, 2.45) is 0 Å². The van der Waals surface area contributed by atoms with Gasteiger partial charge in [-0.1, -0.05) is 15.9 Å². The van der Waals surface area contributed by atoms with Crippen molar-refractivity contribution in [3.05, 3.63) is 27.7 Å². The number of aromatic carboxylic acids is 1. The van der Waals surface area contributed by atoms with Crippen molar-refractivity contribution in [1.82, 2.24) is 5.32 Å². The molecule has 0 heterocycles. The van der Waals surface area contributed by atoms with Crippen LogP contribution in [0.5, 0.6) is 0 Å². The second-order valence-corrected chi connectivity index (χ2v) is 3.72. The lowest BCUT2D eigenvalue weighted by Crippen LogP contribution is -2.10. The number of hydrogen-bond donors (Lipinski definition) is 3. The van der Waals surface area contributed by atoms with Crippen molar-refractivity contribution < 1.29 is 9.90 Å². The molecule has 0 amide bonds. The number of hydrogen-bond acceptors (Lipinski definition) is 3. The molecule has 0 spiro atoms. The highest BCUT2D eigenvalue weighted by Gasteiger charge is 2.10. The molecular weight excluding hydrogens is 248 g/mol. The van der Waals surface area contributed by atoms with E-state index in [0.717, 1.165) is 5.56 Å². The minimum atomic E-state index is -0.978. The Kier molecular flexibility index (Phi) is 3.49. The number of anilines is 1. The highest BCUT2D eigenvalue weighted by atomic mass is 79.9. The quantitative estimate of drug-likeness (QED) is 0.718. The van der Waals surface area contributed by atoms with Gasteiger partial charge < -0.3 is 16.2 Å². The number of rotatable bonds is 3. The van der Waals surface area contributed by atoms with Crippen LogP contribution in [-0.4, -0.2) is 18.1 Å². The fourth-order valence-corrected chi connectivity index (χ4v) is 1.76. The molecule has 0 saturated carbocycles. The van der Waals surface area contributed by atoms with Crippen LogP contribution in [0.2, 0.25) is 0 Å². The van der Waals surface area contributed by atoms with Gasteiger partial charge >= 0.3 is 5.97 Å². The van der Waals surface area contributed by atoms with E-state index < -0.39 is 5.97 Å². The Labute approximate surface area is 90.2 Å². The zero-order chi connectivity index (χ0) is 10.7. The van der Waals surface area contributed by atoms with E-state index in [4.69, 9.17) is 10.8 Å². The Bertz CT molecular complexity index is 343. The van der Waals surface area contributed by atoms with Crippen molar-refractivity contribution in [2.75, 3.05) is 12.8 Å². The van der Waals surface area contributed by atoms with Gasteiger partial charge in [0.1, 0.15) is 0 Å². The van der Waals surface area contributed by atoms with Crippen LogP contribution in [0.25, 0.3) is 0 Å². The van der Waals surface area contributed by atoms with Crippen LogP contribution in [0.3, 0.4) is 0 Å². The maximum absolute atomic E-state index is 10.7. The predicted octanol–water partition coefficient (Wildman–Crippen LogP) is 1.45. The standard InChI is InChI=1S/C9H11BrN2O2/c1-12-4-6-7(10)2-5(9(13)14)3-8(6)11/h2-3,12H,4,11H2,1H3,(H,13,14). The van der Waals surface area contributed by atoms with E-state index in [1.54, 1.807) is 13.1 Å². The van der Waals surface area contributed by atoms with Gasteiger partial charge in [-0.15, -0.1) is 0 Å². The summed E-state index contributed by atoms with van der Waals surface area (Å²) in [5.41, 5.74) is 7.25. The molecular formula is C9H11BrN2O2. The first-order chi connectivity index (χ1) is 6.56. The van der Waals surface area contributed by atoms with Gasteiger partial charge in [-0.05, 0) is 19.2 Å². The molecule has 14 heavy (non-hydrogen) atoms. The van der Waals surface area contributed by atoms with Crippen molar-refractivity contribution >= 4 is 27.6 Å². The second-order valence-electron chi connectivity index (χ2n) is 2.86. The van der Waals surface area contributed by atoms with Gasteiger partial charge in [-0.2, -0.15) is 0 Å². The Morgan fingerprint density at radius 2 is 2.29 bits per heavy atom. The predicted molar refractivity (Wildman–Crippen MR) is 58.3 cm³/mol. The van der Waals surface area contributed by atoms with Crippen LogP contribution < -0.4 is 11.1 Å². The Morgan fingerprint density at radius 3 is 2.71 bits per heavy atom. The van der Waals surface area contributed by atoms with E-state index in [2.05, 4.69) is 21.2 Å². The van der Waals surface area contributed by atoms with E-state index in [1.807, 2.05) is 0 Å². The van der Waals surface area contributed by atoms with Gasteiger partial charge in [-0.25, -0.2) is 4.79 Å². The van der Waals surface area contributed by atoms with Gasteiger partial charge in [-0.3, -0.25) is 0 Å². The summed E-state index contributed by atoms with van der Waals surface area (Å²) >= 11 is 3.28. The van der Waals surface area contributed by atoms with Gasteiger partial charge in [0.15, 0.2) is 0 Å². The molecule has 0 bridgehead atoms. The van der Waals surface area contributed by atoms with Gasteiger partial charge in [0, 0.05) is 22.3 Å². The zero-order valence-corrected chi connectivity index (χ0v) is 9.26. The summed E-state index contributed by atoms with van der Waals surface area (Å²) in [5.74, 6) is -0.978. The molecule has 5 heteroatoms. The van der Waals surface area contributed by atoms with Crippen LogP contribution in [0, 0.1) is 0 Å². The van der Waals surface area contributed by atoms with Crippen LogP contribution >= 0.6 is 15.9 Å². The molecule has 0 saturated heterocycles. The van der Waals surface area contributed by atoms with E-state index in [0.29, 0.717) is 16.7 Å². The van der Waals surface area contributed by atoms with Crippen LogP contribution in [0.4, 0.5) is 5.69 Å². The topological polar surface area (TPSA) is 75.3 Å². The molecule has 0 aliphatic heterocycles. The maximum Gasteiger partial charge on any atom is 0.335 e. The molecule has 0 aromatic heterocycles. The lowest BCUT2D eigenvalue weighted by atomic mass is 10.1. The largest absolute Gasteiger partial charge is 0.478 e. The number of nitrogens with one attached hydrogen (secondary N) is 1. The molecule has 0 unspecified atom stereocenters. The number of nitrogens with two attached hydrogens (primary N) is 1. The van der Waals surface area contributed by atoms with E-state index in [9.17, 15) is 4.79 Å². The molecule has 0 atom stereocenters. The summed E-state index contributed by atoms with van der Waals surface area (Å²) in [4.78, 5) is 10.7. The Hall–Kier alpha value is -1.07. The van der Waals surface area contributed by atoms with Crippen LogP contribution in [0.15, 0.2) is 16.6 Å². The van der Waals surface area contributed by atoms with Crippen molar-refractivity contribution in [3.8, 4) is 0 Å². The van der Waals surface area contributed by atoms with Crippen molar-refractivity contribution in [2.45, 2.75) is 6.54 Å². The summed E-state index contributed by atoms with van der Waals surface area (Å²) in [5, 5.41) is 11.7. The Morgan fingerprint density at radius 1 is 1.64 bits per heavy atom. The first-order valence-electron chi connectivity index (χ1n) is 4.02. The molecule has 1 rings (SSSR count). The SMILES string of the molecule is CNCc1c(N)cc(C(=O)O)cc1Br. The van der Waals surface area contributed by atoms with Crippen molar-refractivity contribution in [1.29, 1.82) is 0 Å². The normalized spacial score (nSPS) is 10.1. The van der Waals surface area contributed by atoms with Gasteiger partial charge in [0.2, 0.25) is 0 Å². The minimum Gasteiger partial charge on any atom is -0.478 e. The van der Waals surface area contributed by atoms with E-state index >= 15 is 0 Å². The average molecular weight is 259 g/mol. The molecule has 0 aliphatic rings. The lowest BCUT2D eigenvalue weighted by Gasteiger charge is -2.08. The zero-order valence-electron chi connectivity index (χ0n) is 7.67. The first-order valence-corrected chi connectivity index (χ1v) is 4.81. The summed E-state index contributed by atoms with van der Waals surface area (Å²) in [7, 11) is 1.80. The molecule has 1 aromatic rings. The van der Waals surface area contributed by atoms with Crippen LogP contribution in [-0.2, 0) is 6.54 Å². The third-order valence-corrected chi connectivity index (χ3v) is 2.54. The monoisotopic (exact) mass is 258 g/mol. The molecule has 0 radical (unpaired) electrons. The number of carboxylic acid groups (broad SMARTS) is 1. The van der Waals surface area contributed by atoms with E-state index in [1.165, 1.54) is 6.07 Å². The number of nitrogen functional groups attached to an aromatic ring is 1. The summed E-state index contributed by atoms with van der Waals surface area (Å²) < 4.78 is 0.712.